The third-order valence-corrected chi connectivity index (χ3v) is 5.57. The summed E-state index contributed by atoms with van der Waals surface area (Å²) >= 11 is 0. The molecule has 1 aromatic heterocycles. The van der Waals surface area contributed by atoms with Crippen LogP contribution in [0.2, 0.25) is 0 Å². The maximum atomic E-state index is 12.2. The monoisotopic (exact) mass is 337 g/mol. The Hall–Kier alpha value is -2.43. The second kappa shape index (κ2) is 6.47. The van der Waals surface area contributed by atoms with E-state index in [1.807, 2.05) is 30.3 Å². The highest BCUT2D eigenvalue weighted by molar-refractivity contribution is 5.76. The van der Waals surface area contributed by atoms with Gasteiger partial charge in [-0.15, -0.1) is 0 Å². The van der Waals surface area contributed by atoms with E-state index in [2.05, 4.69) is 14.9 Å². The summed E-state index contributed by atoms with van der Waals surface area (Å²) in [6.07, 6.45) is 6.90. The van der Waals surface area contributed by atoms with Crippen molar-refractivity contribution < 1.29 is 9.90 Å². The van der Waals surface area contributed by atoms with Gasteiger partial charge in [-0.3, -0.25) is 4.79 Å². The van der Waals surface area contributed by atoms with Crippen LogP contribution < -0.4 is 4.90 Å². The number of carboxylic acids is 1. The molecule has 1 aromatic carbocycles. The number of piperidine rings is 1. The zero-order chi connectivity index (χ0) is 17.3. The van der Waals surface area contributed by atoms with Crippen LogP contribution in [0.4, 0.5) is 5.82 Å². The van der Waals surface area contributed by atoms with E-state index in [1.165, 1.54) is 5.56 Å². The molecular weight excluding hydrogens is 314 g/mol. The summed E-state index contributed by atoms with van der Waals surface area (Å²) in [6.45, 7) is 1.38. The smallest absolute Gasteiger partial charge is 0.311 e. The Balaban J connectivity index is 1.64. The van der Waals surface area contributed by atoms with Gasteiger partial charge in [0.1, 0.15) is 12.1 Å². The Kier molecular flexibility index (Phi) is 4.15. The molecule has 0 bridgehead atoms. The molecule has 0 amide bonds. The number of aliphatic carboxylic acids is 1. The second-order valence-electron chi connectivity index (χ2n) is 7.25. The van der Waals surface area contributed by atoms with Gasteiger partial charge in [0, 0.05) is 24.3 Å². The van der Waals surface area contributed by atoms with Crippen molar-refractivity contribution in [2.45, 2.75) is 38.5 Å². The number of hydrogen-bond acceptors (Lipinski definition) is 4. The molecule has 1 N–H and O–H groups in total. The van der Waals surface area contributed by atoms with Crippen LogP contribution in [0, 0.1) is 5.41 Å². The lowest BCUT2D eigenvalue weighted by Crippen LogP contribution is -2.49. The van der Waals surface area contributed by atoms with Crippen LogP contribution in [0.25, 0.3) is 0 Å². The largest absolute Gasteiger partial charge is 0.481 e. The van der Waals surface area contributed by atoms with Crippen molar-refractivity contribution in [3.8, 4) is 0 Å². The summed E-state index contributed by atoms with van der Waals surface area (Å²) in [7, 11) is 0. The molecule has 2 heterocycles. The van der Waals surface area contributed by atoms with Crippen LogP contribution in [-0.4, -0.2) is 34.1 Å². The van der Waals surface area contributed by atoms with Gasteiger partial charge >= 0.3 is 5.97 Å². The topological polar surface area (TPSA) is 66.3 Å². The van der Waals surface area contributed by atoms with E-state index in [1.54, 1.807) is 6.33 Å². The normalized spacial score (nSPS) is 22.6. The SMILES string of the molecule is O=C(O)[C@]1(Cc2ccccc2)CCCN(c2ncnc3c2CCC3)C1. The highest BCUT2D eigenvalue weighted by Gasteiger charge is 2.43. The lowest BCUT2D eigenvalue weighted by atomic mass is 9.75. The molecule has 2 aromatic rings. The van der Waals surface area contributed by atoms with Crippen molar-refractivity contribution in [3.05, 3.63) is 53.5 Å². The third kappa shape index (κ3) is 2.99. The lowest BCUT2D eigenvalue weighted by molar-refractivity contribution is -0.149. The van der Waals surface area contributed by atoms with Crippen LogP contribution in [0.1, 0.15) is 36.1 Å². The highest BCUT2D eigenvalue weighted by Crippen LogP contribution is 2.38. The number of benzene rings is 1. The average Bonchev–Trinajstić information content (AvgIpc) is 3.11. The molecule has 4 rings (SSSR count). The fourth-order valence-corrected chi connectivity index (χ4v) is 4.31. The molecule has 2 aliphatic rings. The minimum atomic E-state index is -0.754. The fourth-order valence-electron chi connectivity index (χ4n) is 4.31. The van der Waals surface area contributed by atoms with Gasteiger partial charge < -0.3 is 10.0 Å². The number of rotatable bonds is 4. The van der Waals surface area contributed by atoms with Gasteiger partial charge in [0.25, 0.3) is 0 Å². The molecule has 0 radical (unpaired) electrons. The fraction of sp³-hybridized carbons (Fsp3) is 0.450. The van der Waals surface area contributed by atoms with Gasteiger partial charge in [-0.1, -0.05) is 30.3 Å². The lowest BCUT2D eigenvalue weighted by Gasteiger charge is -2.41. The minimum absolute atomic E-state index is 0.515. The van der Waals surface area contributed by atoms with Crippen LogP contribution in [-0.2, 0) is 24.1 Å². The summed E-state index contributed by atoms with van der Waals surface area (Å²) in [5.41, 5.74) is 2.69. The summed E-state index contributed by atoms with van der Waals surface area (Å²) < 4.78 is 0. The Morgan fingerprint density at radius 3 is 2.80 bits per heavy atom. The van der Waals surface area contributed by atoms with Crippen LogP contribution >= 0.6 is 0 Å². The predicted molar refractivity (Wildman–Crippen MR) is 95.7 cm³/mol. The molecule has 0 spiro atoms. The summed E-state index contributed by atoms with van der Waals surface area (Å²) in [6, 6.07) is 9.96. The average molecular weight is 337 g/mol. The second-order valence-corrected chi connectivity index (χ2v) is 7.25. The number of aromatic nitrogens is 2. The first-order chi connectivity index (χ1) is 12.2. The van der Waals surface area contributed by atoms with Crippen molar-refractivity contribution in [2.75, 3.05) is 18.0 Å². The molecular formula is C20H23N3O2. The molecule has 1 atom stereocenters. The molecule has 1 fully saturated rings. The maximum absolute atomic E-state index is 12.2. The first-order valence-corrected chi connectivity index (χ1v) is 9.03. The maximum Gasteiger partial charge on any atom is 0.311 e. The van der Waals surface area contributed by atoms with Gasteiger partial charge in [-0.2, -0.15) is 0 Å². The van der Waals surface area contributed by atoms with Crippen molar-refractivity contribution in [2.24, 2.45) is 5.41 Å². The molecule has 0 unspecified atom stereocenters. The van der Waals surface area contributed by atoms with Crippen molar-refractivity contribution in [1.82, 2.24) is 9.97 Å². The van der Waals surface area contributed by atoms with E-state index < -0.39 is 11.4 Å². The Bertz CT molecular complexity index is 778. The summed E-state index contributed by atoms with van der Waals surface area (Å²) in [5, 5.41) is 10.0. The summed E-state index contributed by atoms with van der Waals surface area (Å²) in [5.74, 6) is 0.257. The van der Waals surface area contributed by atoms with Gasteiger partial charge in [0.2, 0.25) is 0 Å². The van der Waals surface area contributed by atoms with Gasteiger partial charge in [0.15, 0.2) is 0 Å². The van der Waals surface area contributed by atoms with Crippen LogP contribution in [0.3, 0.4) is 0 Å². The zero-order valence-electron chi connectivity index (χ0n) is 14.3. The van der Waals surface area contributed by atoms with Crippen LogP contribution in [0.15, 0.2) is 36.7 Å². The van der Waals surface area contributed by atoms with Gasteiger partial charge in [0.05, 0.1) is 5.41 Å². The number of carboxylic acid groups (broad SMARTS) is 1. The molecule has 130 valence electrons. The molecule has 0 saturated carbocycles. The quantitative estimate of drug-likeness (QED) is 0.929. The molecule has 1 aliphatic heterocycles. The van der Waals surface area contributed by atoms with Crippen molar-refractivity contribution >= 4 is 11.8 Å². The molecule has 25 heavy (non-hydrogen) atoms. The Morgan fingerprint density at radius 2 is 2.00 bits per heavy atom. The van der Waals surface area contributed by atoms with E-state index >= 15 is 0 Å². The number of hydrogen-bond donors (Lipinski definition) is 1. The molecule has 5 heteroatoms. The van der Waals surface area contributed by atoms with Crippen molar-refractivity contribution in [1.29, 1.82) is 0 Å². The van der Waals surface area contributed by atoms with E-state index in [9.17, 15) is 9.90 Å². The van der Waals surface area contributed by atoms with Gasteiger partial charge in [-0.25, -0.2) is 9.97 Å². The number of carbonyl (C=O) groups is 1. The van der Waals surface area contributed by atoms with E-state index in [-0.39, 0.29) is 0 Å². The summed E-state index contributed by atoms with van der Waals surface area (Å²) in [4.78, 5) is 23.3. The molecule has 1 aliphatic carbocycles. The first-order valence-electron chi connectivity index (χ1n) is 9.03. The van der Waals surface area contributed by atoms with E-state index in [4.69, 9.17) is 0 Å². The number of anilines is 1. The molecule has 1 saturated heterocycles. The third-order valence-electron chi connectivity index (χ3n) is 5.57. The van der Waals surface area contributed by atoms with Gasteiger partial charge in [-0.05, 0) is 44.1 Å². The highest BCUT2D eigenvalue weighted by atomic mass is 16.4. The Labute approximate surface area is 147 Å². The predicted octanol–water partition coefficient (Wildman–Crippen LogP) is 2.88. The minimum Gasteiger partial charge on any atom is -0.481 e. The van der Waals surface area contributed by atoms with Crippen molar-refractivity contribution in [3.63, 3.8) is 0 Å². The number of fused-ring (bicyclic) bond motifs is 1. The van der Waals surface area contributed by atoms with Crippen LogP contribution in [0.5, 0.6) is 0 Å². The molecule has 5 nitrogen and oxygen atoms in total. The van der Waals surface area contributed by atoms with E-state index in [0.717, 1.165) is 49.3 Å². The Morgan fingerprint density at radius 1 is 1.16 bits per heavy atom. The number of nitrogens with zero attached hydrogens (tertiary/aromatic N) is 3. The first kappa shape index (κ1) is 16.1. The van der Waals surface area contributed by atoms with E-state index in [0.29, 0.717) is 19.4 Å². The zero-order valence-corrected chi connectivity index (χ0v) is 14.3. The standard InChI is InChI=1S/C20H23N3O2/c24-19(25)20(12-15-6-2-1-3-7-15)10-5-11-23(13-20)18-16-8-4-9-17(16)21-14-22-18/h1-3,6-7,14H,4-5,8-13H2,(H,24,25)/t20-/m0/s1. The number of aryl methyl sites for hydroxylation is 1.